The molecule has 0 spiro atoms. The minimum Gasteiger partial charge on any atom is -0.474 e. The second-order valence-electron chi connectivity index (χ2n) is 11.2. The van der Waals surface area contributed by atoms with Crippen LogP contribution in [0.2, 0.25) is 0 Å². The van der Waals surface area contributed by atoms with Gasteiger partial charge in [0.1, 0.15) is 11.4 Å². The van der Waals surface area contributed by atoms with Gasteiger partial charge in [-0.2, -0.15) is 4.31 Å². The highest BCUT2D eigenvalue weighted by atomic mass is 32.2. The second kappa shape index (κ2) is 15.7. The van der Waals surface area contributed by atoms with Gasteiger partial charge >= 0.3 is 0 Å². The Morgan fingerprint density at radius 2 is 1.81 bits per heavy atom. The number of halogens is 1. The van der Waals surface area contributed by atoms with Crippen molar-refractivity contribution in [1.29, 1.82) is 0 Å². The Kier molecular flexibility index (Phi) is 12.7. The van der Waals surface area contributed by atoms with Crippen LogP contribution in [0.15, 0.2) is 47.5 Å². The van der Waals surface area contributed by atoms with E-state index in [1.54, 1.807) is 18.3 Å². The van der Waals surface area contributed by atoms with E-state index in [9.17, 15) is 17.6 Å². The lowest BCUT2D eigenvalue weighted by Gasteiger charge is -2.37. The van der Waals surface area contributed by atoms with E-state index >= 15 is 0 Å². The van der Waals surface area contributed by atoms with E-state index in [2.05, 4.69) is 23.7 Å². The molecule has 0 saturated heterocycles. The number of pyridine rings is 1. The van der Waals surface area contributed by atoms with Crippen molar-refractivity contribution in [3.63, 3.8) is 0 Å². The molecular weight excluding hydrogens is 559 g/mol. The van der Waals surface area contributed by atoms with Gasteiger partial charge in [-0.1, -0.05) is 20.8 Å². The monoisotopic (exact) mass is 606 g/mol. The number of likely N-dealkylation sites (N-methyl/N-ethyl adjacent to an activating group) is 2. The van der Waals surface area contributed by atoms with Crippen molar-refractivity contribution in [3.05, 3.63) is 54.0 Å². The van der Waals surface area contributed by atoms with Crippen LogP contribution < -0.4 is 4.74 Å². The standard InChI is InChI=1S/C31H47FN4O5S/c1-7-35(8-2)21-24(4)36-20-23(3)29(22-34(6)42(38,39)27-16-14-26(32)15-17-27)40-19-10-9-12-25(5)41-30-28(31(36)37)13-11-18-33-30/h11,13-18,23-25,29H,7-10,12,19-22H2,1-6H3/t23-,24+,25+,29+/m1/s1. The van der Waals surface area contributed by atoms with E-state index in [4.69, 9.17) is 9.47 Å². The van der Waals surface area contributed by atoms with Crippen LogP contribution in [0.1, 0.15) is 64.2 Å². The number of nitrogens with zero attached hydrogens (tertiary/aromatic N) is 4. The largest absolute Gasteiger partial charge is 0.474 e. The van der Waals surface area contributed by atoms with Crippen molar-refractivity contribution < 1.29 is 27.1 Å². The zero-order valence-electron chi connectivity index (χ0n) is 25.8. The summed E-state index contributed by atoms with van der Waals surface area (Å²) in [6, 6.07) is 8.17. The van der Waals surface area contributed by atoms with Gasteiger partial charge in [0.2, 0.25) is 15.9 Å². The number of rotatable bonds is 9. The lowest BCUT2D eigenvalue weighted by Crippen LogP contribution is -2.50. The molecule has 0 aliphatic carbocycles. The molecule has 0 bridgehead atoms. The second-order valence-corrected chi connectivity index (χ2v) is 13.2. The summed E-state index contributed by atoms with van der Waals surface area (Å²) in [5.74, 6) is -0.556. The van der Waals surface area contributed by atoms with Crippen molar-refractivity contribution in [2.24, 2.45) is 5.92 Å². The van der Waals surface area contributed by atoms with Gasteiger partial charge in [0, 0.05) is 51.4 Å². The highest BCUT2D eigenvalue weighted by Gasteiger charge is 2.33. The number of amides is 1. The zero-order valence-corrected chi connectivity index (χ0v) is 26.6. The highest BCUT2D eigenvalue weighted by Crippen LogP contribution is 2.25. The summed E-state index contributed by atoms with van der Waals surface area (Å²) in [4.78, 5) is 22.7. The van der Waals surface area contributed by atoms with Crippen LogP contribution in [0.4, 0.5) is 4.39 Å². The maximum atomic E-state index is 14.2. The summed E-state index contributed by atoms with van der Waals surface area (Å²) in [6.45, 7) is 13.5. The van der Waals surface area contributed by atoms with E-state index in [1.165, 1.54) is 23.5 Å². The number of sulfonamides is 1. The minimum atomic E-state index is -3.88. The molecule has 0 fully saturated rings. The molecular formula is C31H47FN4O5S. The van der Waals surface area contributed by atoms with Gasteiger partial charge in [0.15, 0.2) is 0 Å². The zero-order chi connectivity index (χ0) is 30.9. The van der Waals surface area contributed by atoms with Crippen molar-refractivity contribution in [2.45, 2.75) is 77.0 Å². The van der Waals surface area contributed by atoms with Gasteiger partial charge in [0.05, 0.1) is 17.1 Å². The quantitative estimate of drug-likeness (QED) is 0.409. The van der Waals surface area contributed by atoms with Crippen LogP contribution in [-0.4, -0.2) is 98.0 Å². The first kappa shape index (κ1) is 33.9. The Hall–Kier alpha value is -2.60. The molecule has 11 heteroatoms. The van der Waals surface area contributed by atoms with E-state index in [-0.39, 0.29) is 35.4 Å². The Balaban J connectivity index is 1.95. The van der Waals surface area contributed by atoms with Gasteiger partial charge in [-0.3, -0.25) is 4.79 Å². The third-order valence-corrected chi connectivity index (χ3v) is 9.78. The van der Waals surface area contributed by atoms with Crippen molar-refractivity contribution in [3.8, 4) is 5.88 Å². The first-order valence-electron chi connectivity index (χ1n) is 15.0. The Morgan fingerprint density at radius 1 is 1.12 bits per heavy atom. The number of hydrogen-bond acceptors (Lipinski definition) is 7. The number of carbonyl (C=O) groups excluding carboxylic acids is 1. The molecule has 1 aliphatic heterocycles. The van der Waals surface area contributed by atoms with E-state index in [0.29, 0.717) is 31.1 Å². The molecule has 0 unspecified atom stereocenters. The molecule has 1 aromatic heterocycles. The molecule has 2 aromatic rings. The lowest BCUT2D eigenvalue weighted by molar-refractivity contribution is -0.00733. The average Bonchev–Trinajstić information content (AvgIpc) is 2.97. The first-order chi connectivity index (χ1) is 20.0. The highest BCUT2D eigenvalue weighted by molar-refractivity contribution is 7.89. The van der Waals surface area contributed by atoms with Gasteiger partial charge < -0.3 is 19.3 Å². The summed E-state index contributed by atoms with van der Waals surface area (Å²) < 4.78 is 53.9. The average molecular weight is 607 g/mol. The molecule has 1 amide bonds. The van der Waals surface area contributed by atoms with E-state index in [0.717, 1.165) is 44.5 Å². The molecule has 0 radical (unpaired) electrons. The Morgan fingerprint density at radius 3 is 2.48 bits per heavy atom. The molecule has 2 heterocycles. The fourth-order valence-corrected chi connectivity index (χ4v) is 6.38. The molecule has 1 aliphatic rings. The summed E-state index contributed by atoms with van der Waals surface area (Å²) in [5.41, 5.74) is 0.411. The smallest absolute Gasteiger partial charge is 0.259 e. The molecule has 0 N–H and O–H groups in total. The summed E-state index contributed by atoms with van der Waals surface area (Å²) >= 11 is 0. The predicted molar refractivity (Wildman–Crippen MR) is 162 cm³/mol. The number of hydrogen-bond donors (Lipinski definition) is 0. The fraction of sp³-hybridized carbons (Fsp3) is 0.613. The SMILES string of the molecule is CCN(CC)C[C@H](C)N1C[C@@H](C)[C@H](CN(C)S(=O)(=O)c2ccc(F)cc2)OCCCC[C@H](C)Oc2ncccc2C1=O. The maximum Gasteiger partial charge on any atom is 0.259 e. The molecule has 1 aromatic carbocycles. The lowest BCUT2D eigenvalue weighted by atomic mass is 10.0. The Labute approximate surface area is 251 Å². The molecule has 42 heavy (non-hydrogen) atoms. The van der Waals surface area contributed by atoms with Crippen molar-refractivity contribution in [2.75, 3.05) is 46.4 Å². The number of fused-ring (bicyclic) bond motifs is 1. The van der Waals surface area contributed by atoms with Crippen LogP contribution in [0, 0.1) is 11.7 Å². The van der Waals surface area contributed by atoms with Crippen LogP contribution in [0.3, 0.4) is 0 Å². The third-order valence-electron chi connectivity index (χ3n) is 7.94. The van der Waals surface area contributed by atoms with Crippen LogP contribution in [0.5, 0.6) is 5.88 Å². The van der Waals surface area contributed by atoms with Crippen LogP contribution in [0.25, 0.3) is 0 Å². The normalized spacial score (nSPS) is 22.0. The van der Waals surface area contributed by atoms with Gasteiger partial charge in [-0.25, -0.2) is 17.8 Å². The van der Waals surface area contributed by atoms with Crippen LogP contribution >= 0.6 is 0 Å². The predicted octanol–water partition coefficient (Wildman–Crippen LogP) is 4.69. The van der Waals surface area contributed by atoms with E-state index < -0.39 is 21.9 Å². The topological polar surface area (TPSA) is 92.3 Å². The first-order valence-corrected chi connectivity index (χ1v) is 16.4. The molecule has 4 atom stereocenters. The third kappa shape index (κ3) is 8.95. The molecule has 3 rings (SSSR count). The van der Waals surface area contributed by atoms with Crippen molar-refractivity contribution in [1.82, 2.24) is 19.1 Å². The van der Waals surface area contributed by atoms with Gasteiger partial charge in [-0.15, -0.1) is 0 Å². The summed E-state index contributed by atoms with van der Waals surface area (Å²) in [5, 5.41) is 0. The van der Waals surface area contributed by atoms with Crippen LogP contribution in [-0.2, 0) is 14.8 Å². The summed E-state index contributed by atoms with van der Waals surface area (Å²) in [7, 11) is -2.37. The maximum absolute atomic E-state index is 14.2. The van der Waals surface area contributed by atoms with Gasteiger partial charge in [0.25, 0.3) is 5.91 Å². The molecule has 234 valence electrons. The Bertz CT molecular complexity index is 1240. The fourth-order valence-electron chi connectivity index (χ4n) is 5.20. The van der Waals surface area contributed by atoms with Crippen molar-refractivity contribution >= 4 is 15.9 Å². The number of aromatic nitrogens is 1. The number of carbonyl (C=O) groups is 1. The number of ether oxygens (including phenoxy) is 2. The number of benzene rings is 1. The molecule has 0 saturated carbocycles. The van der Waals surface area contributed by atoms with E-state index in [1.807, 2.05) is 25.7 Å². The van der Waals surface area contributed by atoms with Gasteiger partial charge in [-0.05, 0) is 82.6 Å². The minimum absolute atomic E-state index is 0.0164. The summed E-state index contributed by atoms with van der Waals surface area (Å²) in [6.07, 6.45) is 3.39. The molecule has 9 nitrogen and oxygen atoms in total.